The van der Waals surface area contributed by atoms with E-state index < -0.39 is 23.6 Å². The third-order valence-electron chi connectivity index (χ3n) is 4.73. The molecule has 0 spiro atoms. The molecule has 14 heteroatoms. The Morgan fingerprint density at radius 1 is 1.10 bits per heavy atom. The van der Waals surface area contributed by atoms with E-state index in [1.54, 1.807) is 6.92 Å². The molecule has 204 valence electrons. The van der Waals surface area contributed by atoms with Gasteiger partial charge < -0.3 is 19.9 Å². The van der Waals surface area contributed by atoms with E-state index in [0.717, 1.165) is 16.1 Å². The van der Waals surface area contributed by atoms with E-state index in [0.29, 0.717) is 15.1 Å². The summed E-state index contributed by atoms with van der Waals surface area (Å²) in [5.41, 5.74) is -0.127. The van der Waals surface area contributed by atoms with Crippen LogP contribution >= 0.6 is 23.1 Å². The summed E-state index contributed by atoms with van der Waals surface area (Å²) in [5, 5.41) is 5.77. The Balaban J connectivity index is 0.000000451. The SMILES string of the molecule is CC.Fc1ccc(Cl)cc1.[B]c1c(NC(=O)c2nsc3ccc(F)cc23)nc(C(=O)OCC)n1CC(=O)NC. The summed E-state index contributed by atoms with van der Waals surface area (Å²) in [5.74, 6) is -3.06. The van der Waals surface area contributed by atoms with Gasteiger partial charge in [-0.1, -0.05) is 25.4 Å². The van der Waals surface area contributed by atoms with Crippen LogP contribution in [0.5, 0.6) is 0 Å². The summed E-state index contributed by atoms with van der Waals surface area (Å²) in [4.78, 5) is 40.6. The molecule has 39 heavy (non-hydrogen) atoms. The molecule has 2 heterocycles. The van der Waals surface area contributed by atoms with Gasteiger partial charge in [0.15, 0.2) is 0 Å². The lowest BCUT2D eigenvalue weighted by Gasteiger charge is -2.09. The van der Waals surface area contributed by atoms with E-state index in [9.17, 15) is 23.2 Å². The third-order valence-corrected chi connectivity index (χ3v) is 5.81. The van der Waals surface area contributed by atoms with Crippen LogP contribution in [0.3, 0.4) is 0 Å². The number of halogens is 3. The van der Waals surface area contributed by atoms with Crippen molar-refractivity contribution in [3.63, 3.8) is 0 Å². The van der Waals surface area contributed by atoms with Crippen LogP contribution in [0.2, 0.25) is 5.02 Å². The molecule has 0 bridgehead atoms. The summed E-state index contributed by atoms with van der Waals surface area (Å²) < 4.78 is 36.3. The number of rotatable bonds is 6. The highest BCUT2D eigenvalue weighted by Gasteiger charge is 2.24. The lowest BCUT2D eigenvalue weighted by atomic mass is 10.0. The molecule has 2 aromatic carbocycles. The number of amides is 2. The van der Waals surface area contributed by atoms with Crippen molar-refractivity contribution in [1.29, 1.82) is 0 Å². The number of nitrogens with one attached hydrogen (secondary N) is 2. The fourth-order valence-corrected chi connectivity index (χ4v) is 3.84. The van der Waals surface area contributed by atoms with Crippen LogP contribution in [0.25, 0.3) is 10.1 Å². The van der Waals surface area contributed by atoms with Gasteiger partial charge >= 0.3 is 5.97 Å². The minimum Gasteiger partial charge on any atom is -0.460 e. The van der Waals surface area contributed by atoms with E-state index >= 15 is 0 Å². The van der Waals surface area contributed by atoms with Gasteiger partial charge in [-0.3, -0.25) is 9.59 Å². The van der Waals surface area contributed by atoms with E-state index in [1.165, 1.54) is 49.5 Å². The molecule has 4 rings (SSSR count). The molecule has 2 aromatic heterocycles. The second kappa shape index (κ2) is 14.9. The molecule has 0 saturated heterocycles. The van der Waals surface area contributed by atoms with Crippen molar-refractivity contribution < 1.29 is 27.9 Å². The predicted octanol–water partition coefficient (Wildman–Crippen LogP) is 4.11. The Morgan fingerprint density at radius 3 is 2.33 bits per heavy atom. The van der Waals surface area contributed by atoms with Crippen LogP contribution in [0.4, 0.5) is 14.6 Å². The van der Waals surface area contributed by atoms with Gasteiger partial charge in [-0.25, -0.2) is 18.6 Å². The van der Waals surface area contributed by atoms with E-state index in [1.807, 2.05) is 13.8 Å². The van der Waals surface area contributed by atoms with Gasteiger partial charge in [-0.05, 0) is 60.9 Å². The number of benzene rings is 2. The van der Waals surface area contributed by atoms with Crippen molar-refractivity contribution in [3.8, 4) is 0 Å². The second-order valence-electron chi connectivity index (χ2n) is 7.21. The Labute approximate surface area is 234 Å². The Morgan fingerprint density at radius 2 is 1.74 bits per heavy atom. The number of fused-ring (bicyclic) bond motifs is 1. The molecular weight excluding hydrogens is 551 g/mol. The number of anilines is 1. The van der Waals surface area contributed by atoms with E-state index in [2.05, 4.69) is 20.0 Å². The number of likely N-dealkylation sites (N-methyl/N-ethyl adjacent to an activating group) is 1. The third kappa shape index (κ3) is 8.32. The number of aromatic nitrogens is 3. The van der Waals surface area contributed by atoms with Crippen LogP contribution < -0.4 is 16.2 Å². The second-order valence-corrected chi connectivity index (χ2v) is 8.45. The zero-order valence-corrected chi connectivity index (χ0v) is 23.1. The highest BCUT2D eigenvalue weighted by Crippen LogP contribution is 2.24. The molecule has 0 atom stereocenters. The fraction of sp³-hybridized carbons (Fsp3) is 0.240. The van der Waals surface area contributed by atoms with Gasteiger partial charge in [0, 0.05) is 23.0 Å². The van der Waals surface area contributed by atoms with E-state index in [4.69, 9.17) is 24.2 Å². The first-order chi connectivity index (χ1) is 18.6. The average Bonchev–Trinajstić information content (AvgIpc) is 3.48. The molecule has 0 fully saturated rings. The molecule has 0 saturated carbocycles. The zero-order chi connectivity index (χ0) is 29.1. The zero-order valence-electron chi connectivity index (χ0n) is 21.5. The maximum Gasteiger partial charge on any atom is 0.374 e. The van der Waals surface area contributed by atoms with Gasteiger partial charge in [-0.15, -0.1) is 0 Å². The molecule has 0 aliphatic rings. The molecule has 4 aromatic rings. The van der Waals surface area contributed by atoms with Crippen molar-refractivity contribution in [2.45, 2.75) is 27.3 Å². The van der Waals surface area contributed by atoms with Gasteiger partial charge in [0.2, 0.25) is 11.7 Å². The number of hydrogen-bond donors (Lipinski definition) is 2. The molecule has 2 amide bonds. The van der Waals surface area contributed by atoms with Crippen LogP contribution in [0, 0.1) is 11.6 Å². The normalized spacial score (nSPS) is 10.0. The number of carbonyl (C=O) groups is 3. The molecule has 0 aliphatic heterocycles. The van der Waals surface area contributed by atoms with Crippen LogP contribution in [-0.2, 0) is 16.1 Å². The van der Waals surface area contributed by atoms with Crippen LogP contribution in [0.1, 0.15) is 41.9 Å². The highest BCUT2D eigenvalue weighted by atomic mass is 35.5. The van der Waals surface area contributed by atoms with E-state index in [-0.39, 0.29) is 41.9 Å². The maximum absolute atomic E-state index is 13.5. The minimum absolute atomic E-state index is 0.0116. The lowest BCUT2D eigenvalue weighted by Crippen LogP contribution is -2.32. The lowest BCUT2D eigenvalue weighted by molar-refractivity contribution is -0.121. The quantitative estimate of drug-likeness (QED) is 0.264. The van der Waals surface area contributed by atoms with Crippen LogP contribution in [0.15, 0.2) is 42.5 Å². The van der Waals surface area contributed by atoms with Gasteiger partial charge in [0.05, 0.1) is 11.3 Å². The summed E-state index contributed by atoms with van der Waals surface area (Å²) >= 11 is 6.48. The monoisotopic (exact) mass is 575 g/mol. The van der Waals surface area contributed by atoms with Gasteiger partial charge in [0.25, 0.3) is 5.91 Å². The first kappa shape index (κ1) is 31.4. The highest BCUT2D eigenvalue weighted by molar-refractivity contribution is 7.13. The summed E-state index contributed by atoms with van der Waals surface area (Å²) in [6.45, 7) is 5.40. The number of carbonyl (C=O) groups excluding carboxylic acids is 3. The minimum atomic E-state index is -0.801. The first-order valence-electron chi connectivity index (χ1n) is 11.7. The number of esters is 1. The Kier molecular flexibility index (Phi) is 12.0. The van der Waals surface area contributed by atoms with Crippen LogP contribution in [-0.4, -0.2) is 53.2 Å². The molecule has 0 aliphatic carbocycles. The predicted molar refractivity (Wildman–Crippen MR) is 148 cm³/mol. The molecule has 9 nitrogen and oxygen atoms in total. The number of hydrogen-bond acceptors (Lipinski definition) is 7. The number of ether oxygens (including phenoxy) is 1. The standard InChI is InChI=1S/C17H15BFN5O4S.C6H4ClF.C2H6/c1-3-28-17(27)15-21-14(13(18)24(15)7-11(25)20-2)22-16(26)12-9-6-8(19)4-5-10(9)29-23-12;7-5-1-3-6(8)4-2-5;1-2/h4-6H,3,7H2,1-2H3,(H,20,25)(H,22,26);1-4H;1-2H3. The summed E-state index contributed by atoms with van der Waals surface area (Å²) in [7, 11) is 7.42. The number of nitrogens with zero attached hydrogens (tertiary/aromatic N) is 3. The maximum atomic E-state index is 13.5. The summed E-state index contributed by atoms with van der Waals surface area (Å²) in [6, 6.07) is 9.65. The number of imidazole rings is 1. The smallest absolute Gasteiger partial charge is 0.374 e. The first-order valence-corrected chi connectivity index (χ1v) is 12.8. The topological polar surface area (TPSA) is 115 Å². The average molecular weight is 576 g/mol. The molecule has 2 N–H and O–H groups in total. The fourth-order valence-electron chi connectivity index (χ4n) is 2.96. The van der Waals surface area contributed by atoms with Gasteiger partial charge in [0.1, 0.15) is 37.5 Å². The largest absolute Gasteiger partial charge is 0.460 e. The molecule has 2 radical (unpaired) electrons. The van der Waals surface area contributed by atoms with Crippen molar-refractivity contribution in [1.82, 2.24) is 19.2 Å². The van der Waals surface area contributed by atoms with Gasteiger partial charge in [-0.2, -0.15) is 4.37 Å². The van der Waals surface area contributed by atoms with Crippen molar-refractivity contribution in [2.24, 2.45) is 0 Å². The molecule has 0 unspecified atom stereocenters. The van der Waals surface area contributed by atoms with Crippen molar-refractivity contribution in [2.75, 3.05) is 19.0 Å². The molecular formula is C25H25BClF2N5O4S. The Bertz CT molecular complexity index is 1430. The summed E-state index contributed by atoms with van der Waals surface area (Å²) in [6.07, 6.45) is 0. The Hall–Kier alpha value is -3.84. The van der Waals surface area contributed by atoms with Crippen molar-refractivity contribution in [3.05, 3.63) is 70.6 Å². The van der Waals surface area contributed by atoms with Crippen molar-refractivity contribution >= 4 is 70.3 Å².